The summed E-state index contributed by atoms with van der Waals surface area (Å²) in [5.41, 5.74) is 6.60. The van der Waals surface area contributed by atoms with E-state index in [1.807, 2.05) is 36.4 Å². The molecule has 3 atom stereocenters. The van der Waals surface area contributed by atoms with Gasteiger partial charge in [0.1, 0.15) is 11.8 Å². The number of halogens is 2. The van der Waals surface area contributed by atoms with Gasteiger partial charge in [-0.1, -0.05) is 18.2 Å². The molecule has 0 spiro atoms. The van der Waals surface area contributed by atoms with Crippen LogP contribution in [-0.2, 0) is 30.5 Å². The zero-order valence-corrected chi connectivity index (χ0v) is 35.7. The van der Waals surface area contributed by atoms with Gasteiger partial charge in [0.2, 0.25) is 5.75 Å². The Kier molecular flexibility index (Phi) is 13.0. The molecule has 4 aromatic rings. The fourth-order valence-corrected chi connectivity index (χ4v) is 8.12. The van der Waals surface area contributed by atoms with Crippen LogP contribution in [-0.4, -0.2) is 77.5 Å². The highest BCUT2D eigenvalue weighted by Crippen LogP contribution is 2.53. The molecule has 0 saturated heterocycles. The van der Waals surface area contributed by atoms with Gasteiger partial charge in [0.25, 0.3) is 0 Å². The smallest absolute Gasteiger partial charge is 0.204 e. The van der Waals surface area contributed by atoms with Crippen LogP contribution in [0.15, 0.2) is 60.7 Å². The number of carbonyl (C=O) groups is 1. The van der Waals surface area contributed by atoms with Gasteiger partial charge in [0.15, 0.2) is 34.5 Å². The first kappa shape index (κ1) is 40.7. The number of aliphatic carboxylic acids is 1. The van der Waals surface area contributed by atoms with Crippen molar-refractivity contribution in [3.63, 3.8) is 0 Å². The Morgan fingerprint density at radius 2 is 1.49 bits per heavy atom. The summed E-state index contributed by atoms with van der Waals surface area (Å²) in [5, 5.41) is 11.9. The molecule has 8 rings (SSSR count). The van der Waals surface area contributed by atoms with E-state index in [9.17, 15) is 9.90 Å². The highest BCUT2D eigenvalue weighted by Gasteiger charge is 2.43. The van der Waals surface area contributed by atoms with Crippen LogP contribution in [0.5, 0.6) is 46.0 Å². The number of quaternary nitrogens is 1. The van der Waals surface area contributed by atoms with E-state index in [0.717, 1.165) is 36.1 Å². The van der Waals surface area contributed by atoms with Crippen LogP contribution in [0.2, 0.25) is 0 Å². The van der Waals surface area contributed by atoms with Gasteiger partial charge in [-0.3, -0.25) is 4.90 Å². The quantitative estimate of drug-likeness (QED) is 0.143. The van der Waals surface area contributed by atoms with Crippen molar-refractivity contribution < 1.29 is 42.8 Å². The molecule has 284 valence electrons. The number of nitrogens with zero attached hydrogens (tertiary/aromatic N) is 2. The molecular weight excluding hydrogens is 902 g/mol. The van der Waals surface area contributed by atoms with E-state index < -0.39 is 5.97 Å². The average molecular weight is 951 g/mol. The Morgan fingerprint density at radius 1 is 0.811 bits per heavy atom. The van der Waals surface area contributed by atoms with E-state index in [0.29, 0.717) is 76.4 Å². The molecule has 4 aliphatic rings. The molecule has 53 heavy (non-hydrogen) atoms. The van der Waals surface area contributed by atoms with Gasteiger partial charge < -0.3 is 42.8 Å². The Balaban J connectivity index is 0.00000271. The van der Waals surface area contributed by atoms with Crippen LogP contribution in [0.1, 0.15) is 51.9 Å². The standard InChI is InChI=1S/C41H46N2O8.2HI/c1-42-16-13-27-22-34(47-4)36-24-30(27)31(42)19-25-7-10-29(11-8-25)50-35-21-26(9-12-33(35)46-3)20-32-39-28(14-17-43(32,2)18-15-38(44)45)23-37(48-5)40(49-6)41(39)51-36;;/h7-12,21-24,31-32H,13-20H2,1-6H3;2*1H. The van der Waals surface area contributed by atoms with Gasteiger partial charge >= 0.3 is 0 Å². The maximum atomic E-state index is 11.9. The predicted molar refractivity (Wildman–Crippen MR) is 221 cm³/mol. The molecule has 0 aliphatic carbocycles. The lowest BCUT2D eigenvalue weighted by Gasteiger charge is -2.46. The number of carboxylic acid groups (broad SMARTS) is 1. The summed E-state index contributed by atoms with van der Waals surface area (Å²) >= 11 is 0. The molecule has 12 heteroatoms. The number of rotatable bonds is 7. The van der Waals surface area contributed by atoms with E-state index >= 15 is 0 Å². The molecular formula is C41H48I2N2O8. The third-order valence-corrected chi connectivity index (χ3v) is 11.1. The lowest BCUT2D eigenvalue weighted by molar-refractivity contribution is -0.941. The molecule has 0 N–H and O–H groups in total. The molecule has 0 aromatic heterocycles. The van der Waals surface area contributed by atoms with Crippen LogP contribution in [0, 0.1) is 0 Å². The molecule has 4 aromatic carbocycles. The minimum atomic E-state index is -1.08. The Morgan fingerprint density at radius 3 is 2.17 bits per heavy atom. The summed E-state index contributed by atoms with van der Waals surface area (Å²) in [6.45, 7) is 2.00. The van der Waals surface area contributed by atoms with Crippen LogP contribution in [0.25, 0.3) is 0 Å². The number of benzene rings is 4. The summed E-state index contributed by atoms with van der Waals surface area (Å²) in [4.78, 5) is 14.3. The van der Waals surface area contributed by atoms with Crippen molar-refractivity contribution in [2.45, 2.75) is 44.2 Å². The monoisotopic (exact) mass is 950 g/mol. The van der Waals surface area contributed by atoms with Crippen molar-refractivity contribution in [3.8, 4) is 46.0 Å². The first-order valence-corrected chi connectivity index (χ1v) is 17.5. The van der Waals surface area contributed by atoms with Crippen LogP contribution in [0.3, 0.4) is 0 Å². The number of carbonyl (C=O) groups excluding carboxylic acids is 1. The zero-order valence-electron chi connectivity index (χ0n) is 31.1. The number of carboxylic acids is 1. The molecule has 6 bridgehead atoms. The van der Waals surface area contributed by atoms with Gasteiger partial charge in [0.05, 0.1) is 54.1 Å². The second-order valence-electron chi connectivity index (χ2n) is 14.0. The second kappa shape index (κ2) is 16.9. The third kappa shape index (κ3) is 8.01. The lowest BCUT2D eigenvalue weighted by Crippen LogP contribution is -2.53. The number of ether oxygens (including phenoxy) is 6. The van der Waals surface area contributed by atoms with Gasteiger partial charge in [0, 0.05) is 37.8 Å². The molecule has 10 nitrogen and oxygen atoms in total. The average Bonchev–Trinajstić information content (AvgIpc) is 3.13. The van der Waals surface area contributed by atoms with Crippen molar-refractivity contribution in [2.75, 3.05) is 62.2 Å². The largest absolute Gasteiger partial charge is 0.550 e. The van der Waals surface area contributed by atoms with E-state index in [1.54, 1.807) is 28.4 Å². The molecule has 0 fully saturated rings. The fourth-order valence-electron chi connectivity index (χ4n) is 8.12. The number of fused-ring (bicyclic) bond motifs is 2. The minimum absolute atomic E-state index is 0. The van der Waals surface area contributed by atoms with Crippen molar-refractivity contribution in [3.05, 3.63) is 94.0 Å². The molecule has 0 amide bonds. The van der Waals surface area contributed by atoms with E-state index in [-0.39, 0.29) is 66.5 Å². The minimum Gasteiger partial charge on any atom is -0.550 e. The fraction of sp³-hybridized carbons (Fsp3) is 0.390. The van der Waals surface area contributed by atoms with Gasteiger partial charge in [-0.2, -0.15) is 0 Å². The Hall–Kier alpha value is -3.47. The zero-order chi connectivity index (χ0) is 35.9. The molecule has 4 heterocycles. The van der Waals surface area contributed by atoms with E-state index in [4.69, 9.17) is 28.4 Å². The first-order valence-electron chi connectivity index (χ1n) is 17.5. The number of hydrogen-bond acceptors (Lipinski definition) is 9. The lowest BCUT2D eigenvalue weighted by atomic mass is 9.85. The maximum absolute atomic E-state index is 11.9. The Bertz CT molecular complexity index is 1960. The highest BCUT2D eigenvalue weighted by molar-refractivity contribution is 14.0. The molecule has 0 saturated carbocycles. The number of likely N-dealkylation sites (N-methyl/N-ethyl adjacent to an activating group) is 2. The van der Waals surface area contributed by atoms with E-state index in [2.05, 4.69) is 43.3 Å². The number of methoxy groups -OCH3 is 4. The SMILES string of the molecule is COc1ccc2cc1Oc1ccc(cc1)CC1c3cc(c(OC)cc3CCN1C)Oc1c(OC)c(OC)cc3c1C(C2)[N+](C)(CCC(=O)[O-])CC3.I.I. The van der Waals surface area contributed by atoms with Gasteiger partial charge in [-0.25, -0.2) is 0 Å². The van der Waals surface area contributed by atoms with E-state index in [1.165, 1.54) is 16.7 Å². The van der Waals surface area contributed by atoms with Gasteiger partial charge in [-0.15, -0.1) is 48.0 Å². The second-order valence-corrected chi connectivity index (χ2v) is 14.0. The highest BCUT2D eigenvalue weighted by atomic mass is 127. The summed E-state index contributed by atoms with van der Waals surface area (Å²) in [6, 6.07) is 20.4. The van der Waals surface area contributed by atoms with Crippen molar-refractivity contribution in [1.82, 2.24) is 4.90 Å². The van der Waals surface area contributed by atoms with Crippen molar-refractivity contribution in [1.29, 1.82) is 0 Å². The summed E-state index contributed by atoms with van der Waals surface area (Å²) in [5.74, 6) is 3.64. The number of hydrogen-bond donors (Lipinski definition) is 0. The summed E-state index contributed by atoms with van der Waals surface area (Å²) < 4.78 is 37.7. The molecule has 4 aliphatic heterocycles. The normalized spacial score (nSPS) is 20.1. The molecule has 0 radical (unpaired) electrons. The predicted octanol–water partition coefficient (Wildman–Crippen LogP) is 7.05. The Labute approximate surface area is 345 Å². The maximum Gasteiger partial charge on any atom is 0.204 e. The summed E-state index contributed by atoms with van der Waals surface area (Å²) in [7, 11) is 10.8. The van der Waals surface area contributed by atoms with Crippen LogP contribution < -0.4 is 33.5 Å². The van der Waals surface area contributed by atoms with Crippen molar-refractivity contribution in [2.24, 2.45) is 0 Å². The first-order chi connectivity index (χ1) is 24.6. The molecule has 3 unspecified atom stereocenters. The van der Waals surface area contributed by atoms with Crippen LogP contribution in [0.4, 0.5) is 0 Å². The summed E-state index contributed by atoms with van der Waals surface area (Å²) in [6.07, 6.45) is 2.84. The topological polar surface area (TPSA) is 98.8 Å². The van der Waals surface area contributed by atoms with Gasteiger partial charge in [-0.05, 0) is 90.2 Å². The van der Waals surface area contributed by atoms with Crippen molar-refractivity contribution >= 4 is 53.9 Å². The third-order valence-electron chi connectivity index (χ3n) is 11.1. The van der Waals surface area contributed by atoms with Crippen LogP contribution >= 0.6 is 48.0 Å².